The summed E-state index contributed by atoms with van der Waals surface area (Å²) in [5.41, 5.74) is -0.883. The molecule has 3 fully saturated rings. The SMILES string of the molecule is O=C(C1CCC(F)(F)CC1)N1CC[C@](O)(CN2CCOCC2)C1. The fourth-order valence-electron chi connectivity index (χ4n) is 3.89. The van der Waals surface area contributed by atoms with Gasteiger partial charge in [0.15, 0.2) is 0 Å². The van der Waals surface area contributed by atoms with Crippen LogP contribution in [-0.2, 0) is 9.53 Å². The van der Waals surface area contributed by atoms with E-state index in [0.717, 1.165) is 13.1 Å². The summed E-state index contributed by atoms with van der Waals surface area (Å²) in [5, 5.41) is 10.7. The van der Waals surface area contributed by atoms with Crippen LogP contribution in [-0.4, -0.2) is 78.3 Å². The highest BCUT2D eigenvalue weighted by Crippen LogP contribution is 2.37. The molecule has 0 bridgehead atoms. The third kappa shape index (κ3) is 4.19. The number of hydrogen-bond acceptors (Lipinski definition) is 4. The minimum Gasteiger partial charge on any atom is -0.387 e. The van der Waals surface area contributed by atoms with Gasteiger partial charge < -0.3 is 14.7 Å². The Morgan fingerprint density at radius 1 is 1.13 bits per heavy atom. The Balaban J connectivity index is 1.51. The summed E-state index contributed by atoms with van der Waals surface area (Å²) < 4.78 is 31.7. The Hall–Kier alpha value is -0.790. The zero-order valence-electron chi connectivity index (χ0n) is 13.5. The molecule has 1 saturated carbocycles. The van der Waals surface area contributed by atoms with E-state index in [1.807, 2.05) is 0 Å². The van der Waals surface area contributed by atoms with Crippen LogP contribution >= 0.6 is 0 Å². The standard InChI is InChI=1S/C16H26F2N2O3/c17-16(18)3-1-13(2-4-16)14(21)20-6-5-15(22,12-20)11-19-7-9-23-10-8-19/h13,22H,1-12H2/t15-/m0/s1. The van der Waals surface area contributed by atoms with Crippen molar-refractivity contribution < 1.29 is 23.4 Å². The summed E-state index contributed by atoms with van der Waals surface area (Å²) in [4.78, 5) is 16.4. The highest BCUT2D eigenvalue weighted by Gasteiger charge is 2.43. The zero-order valence-corrected chi connectivity index (χ0v) is 13.5. The normalized spacial score (nSPS) is 33.1. The van der Waals surface area contributed by atoms with Gasteiger partial charge in [0.2, 0.25) is 11.8 Å². The lowest BCUT2D eigenvalue weighted by atomic mass is 9.86. The molecule has 2 heterocycles. The van der Waals surface area contributed by atoms with Crippen LogP contribution in [0.4, 0.5) is 8.78 Å². The molecule has 1 aliphatic carbocycles. The Labute approximate surface area is 135 Å². The third-order valence-electron chi connectivity index (χ3n) is 5.33. The Morgan fingerprint density at radius 2 is 1.78 bits per heavy atom. The molecule has 0 aromatic carbocycles. The third-order valence-corrected chi connectivity index (χ3v) is 5.33. The number of likely N-dealkylation sites (tertiary alicyclic amines) is 1. The number of halogens is 2. The van der Waals surface area contributed by atoms with Crippen molar-refractivity contribution >= 4 is 5.91 Å². The summed E-state index contributed by atoms with van der Waals surface area (Å²) in [5.74, 6) is -2.97. The van der Waals surface area contributed by atoms with Crippen LogP contribution in [0.15, 0.2) is 0 Å². The van der Waals surface area contributed by atoms with E-state index in [0.29, 0.717) is 39.3 Å². The lowest BCUT2D eigenvalue weighted by Gasteiger charge is -2.34. The molecule has 0 aromatic rings. The van der Waals surface area contributed by atoms with Crippen molar-refractivity contribution in [3.8, 4) is 0 Å². The van der Waals surface area contributed by atoms with Crippen molar-refractivity contribution in [2.75, 3.05) is 45.9 Å². The molecule has 132 valence electrons. The summed E-state index contributed by atoms with van der Waals surface area (Å²) >= 11 is 0. The average Bonchev–Trinajstić information content (AvgIpc) is 2.89. The number of hydrogen-bond donors (Lipinski definition) is 1. The number of nitrogens with zero attached hydrogens (tertiary/aromatic N) is 2. The zero-order chi connectivity index (χ0) is 16.5. The van der Waals surface area contributed by atoms with Gasteiger partial charge in [-0.05, 0) is 19.3 Å². The molecule has 2 aliphatic heterocycles. The number of alkyl halides is 2. The van der Waals surface area contributed by atoms with Gasteiger partial charge in [0, 0.05) is 44.9 Å². The number of carbonyl (C=O) groups excluding carboxylic acids is 1. The van der Waals surface area contributed by atoms with Crippen LogP contribution in [0.2, 0.25) is 0 Å². The molecule has 1 atom stereocenters. The first-order chi connectivity index (χ1) is 10.9. The van der Waals surface area contributed by atoms with Crippen molar-refractivity contribution in [3.63, 3.8) is 0 Å². The number of carbonyl (C=O) groups is 1. The van der Waals surface area contributed by atoms with Crippen LogP contribution in [0.3, 0.4) is 0 Å². The first kappa shape index (κ1) is 17.0. The largest absolute Gasteiger partial charge is 0.387 e. The second-order valence-electron chi connectivity index (χ2n) is 7.25. The maximum atomic E-state index is 13.2. The van der Waals surface area contributed by atoms with Crippen molar-refractivity contribution in [3.05, 3.63) is 0 Å². The highest BCUT2D eigenvalue weighted by molar-refractivity contribution is 5.79. The molecule has 1 N–H and O–H groups in total. The predicted octanol–water partition coefficient (Wildman–Crippen LogP) is 1.11. The van der Waals surface area contributed by atoms with E-state index < -0.39 is 11.5 Å². The number of aliphatic hydroxyl groups is 1. The van der Waals surface area contributed by atoms with Gasteiger partial charge in [0.25, 0.3) is 0 Å². The van der Waals surface area contributed by atoms with E-state index >= 15 is 0 Å². The fraction of sp³-hybridized carbons (Fsp3) is 0.938. The molecule has 1 amide bonds. The van der Waals surface area contributed by atoms with Crippen LogP contribution in [0.25, 0.3) is 0 Å². The molecule has 0 spiro atoms. The van der Waals surface area contributed by atoms with E-state index in [4.69, 9.17) is 4.74 Å². The number of amides is 1. The van der Waals surface area contributed by atoms with E-state index in [2.05, 4.69) is 4.90 Å². The number of ether oxygens (including phenoxy) is 1. The molecule has 3 aliphatic rings. The minimum atomic E-state index is -2.61. The predicted molar refractivity (Wildman–Crippen MR) is 80.3 cm³/mol. The highest BCUT2D eigenvalue weighted by atomic mass is 19.3. The Morgan fingerprint density at radius 3 is 2.43 bits per heavy atom. The fourth-order valence-corrected chi connectivity index (χ4v) is 3.89. The number of β-amino-alcohol motifs (C(OH)–C–C–N with tert-alkyl or cyclic N) is 1. The topological polar surface area (TPSA) is 53.0 Å². The lowest BCUT2D eigenvalue weighted by Crippen LogP contribution is -2.49. The van der Waals surface area contributed by atoms with E-state index in [1.165, 1.54) is 0 Å². The van der Waals surface area contributed by atoms with Gasteiger partial charge in [-0.3, -0.25) is 9.69 Å². The second kappa shape index (κ2) is 6.61. The molecular formula is C16H26F2N2O3. The summed E-state index contributed by atoms with van der Waals surface area (Å²) in [6.07, 6.45) is 0.665. The van der Waals surface area contributed by atoms with Crippen LogP contribution < -0.4 is 0 Å². The monoisotopic (exact) mass is 332 g/mol. The van der Waals surface area contributed by atoms with E-state index in [9.17, 15) is 18.7 Å². The van der Waals surface area contributed by atoms with Gasteiger partial charge in [0.05, 0.1) is 25.4 Å². The van der Waals surface area contributed by atoms with Crippen molar-refractivity contribution in [1.29, 1.82) is 0 Å². The Bertz CT molecular complexity index is 433. The van der Waals surface area contributed by atoms with Gasteiger partial charge in [-0.2, -0.15) is 0 Å². The van der Waals surface area contributed by atoms with Crippen LogP contribution in [0, 0.1) is 5.92 Å². The van der Waals surface area contributed by atoms with Gasteiger partial charge in [-0.25, -0.2) is 8.78 Å². The smallest absolute Gasteiger partial charge is 0.248 e. The molecule has 2 saturated heterocycles. The van der Waals surface area contributed by atoms with Gasteiger partial charge >= 0.3 is 0 Å². The van der Waals surface area contributed by atoms with Crippen LogP contribution in [0.1, 0.15) is 32.1 Å². The molecule has 0 aromatic heterocycles. The first-order valence-corrected chi connectivity index (χ1v) is 8.56. The van der Waals surface area contributed by atoms with Crippen molar-refractivity contribution in [1.82, 2.24) is 9.80 Å². The van der Waals surface area contributed by atoms with Crippen LogP contribution in [0.5, 0.6) is 0 Å². The van der Waals surface area contributed by atoms with Crippen molar-refractivity contribution in [2.24, 2.45) is 5.92 Å². The molecule has 23 heavy (non-hydrogen) atoms. The average molecular weight is 332 g/mol. The van der Waals surface area contributed by atoms with E-state index in [-0.39, 0.29) is 37.5 Å². The number of morpholine rings is 1. The maximum absolute atomic E-state index is 13.2. The molecule has 0 radical (unpaired) electrons. The second-order valence-corrected chi connectivity index (χ2v) is 7.25. The molecule has 5 nitrogen and oxygen atoms in total. The summed E-state index contributed by atoms with van der Waals surface area (Å²) in [7, 11) is 0. The van der Waals surface area contributed by atoms with Gasteiger partial charge in [-0.15, -0.1) is 0 Å². The Kier molecular flexibility index (Phi) is 4.90. The quantitative estimate of drug-likeness (QED) is 0.841. The first-order valence-electron chi connectivity index (χ1n) is 8.56. The summed E-state index contributed by atoms with van der Waals surface area (Å²) in [6, 6.07) is 0. The van der Waals surface area contributed by atoms with E-state index in [1.54, 1.807) is 4.90 Å². The molecule has 7 heteroatoms. The minimum absolute atomic E-state index is 0.0570. The summed E-state index contributed by atoms with van der Waals surface area (Å²) in [6.45, 7) is 4.33. The molecule has 3 rings (SSSR count). The molecule has 0 unspecified atom stereocenters. The van der Waals surface area contributed by atoms with Gasteiger partial charge in [0.1, 0.15) is 0 Å². The van der Waals surface area contributed by atoms with Crippen molar-refractivity contribution in [2.45, 2.75) is 43.6 Å². The van der Waals surface area contributed by atoms with Gasteiger partial charge in [-0.1, -0.05) is 0 Å². The number of rotatable bonds is 3. The maximum Gasteiger partial charge on any atom is 0.248 e. The lowest BCUT2D eigenvalue weighted by molar-refractivity contribution is -0.139. The molecular weight excluding hydrogens is 306 g/mol.